The molecular formula is C15H20N4. The van der Waals surface area contributed by atoms with Crippen LogP contribution in [0.25, 0.3) is 0 Å². The summed E-state index contributed by atoms with van der Waals surface area (Å²) in [6, 6.07) is 6.46. The van der Waals surface area contributed by atoms with Gasteiger partial charge in [-0.1, -0.05) is 0 Å². The summed E-state index contributed by atoms with van der Waals surface area (Å²) < 4.78 is 0. The molecular weight excluding hydrogens is 236 g/mol. The maximum absolute atomic E-state index is 9.01. The maximum atomic E-state index is 9.01. The third-order valence-corrected chi connectivity index (χ3v) is 3.98. The van der Waals surface area contributed by atoms with Crippen LogP contribution in [0.4, 0.5) is 5.82 Å². The Balaban J connectivity index is 1.74. The summed E-state index contributed by atoms with van der Waals surface area (Å²) >= 11 is 0. The molecule has 0 spiro atoms. The van der Waals surface area contributed by atoms with Crippen LogP contribution in [0.1, 0.15) is 31.2 Å². The fourth-order valence-corrected chi connectivity index (χ4v) is 2.71. The van der Waals surface area contributed by atoms with Gasteiger partial charge in [0.1, 0.15) is 5.82 Å². The molecule has 1 unspecified atom stereocenters. The van der Waals surface area contributed by atoms with E-state index in [4.69, 9.17) is 5.26 Å². The van der Waals surface area contributed by atoms with Gasteiger partial charge in [0.2, 0.25) is 0 Å². The Hall–Kier alpha value is -1.60. The standard InChI is InChI=1S/C15H20N4/c16-9-13-5-7-18-15(8-13)19(10-12-3-4-12)11-14-2-1-6-17-14/h5,7-8,12,14,17H,1-4,6,10-11H2. The first-order valence-electron chi connectivity index (χ1n) is 7.19. The summed E-state index contributed by atoms with van der Waals surface area (Å²) in [5, 5.41) is 12.6. The van der Waals surface area contributed by atoms with Gasteiger partial charge >= 0.3 is 0 Å². The van der Waals surface area contributed by atoms with E-state index in [1.807, 2.05) is 6.07 Å². The van der Waals surface area contributed by atoms with Crippen LogP contribution >= 0.6 is 0 Å². The third-order valence-electron chi connectivity index (χ3n) is 3.98. The molecule has 2 fully saturated rings. The summed E-state index contributed by atoms with van der Waals surface area (Å²) in [4.78, 5) is 6.82. The van der Waals surface area contributed by atoms with Gasteiger partial charge in [-0.15, -0.1) is 0 Å². The number of nitrogens with one attached hydrogen (secondary N) is 1. The van der Waals surface area contributed by atoms with E-state index in [1.54, 1.807) is 12.3 Å². The van der Waals surface area contributed by atoms with Crippen molar-refractivity contribution in [3.8, 4) is 6.07 Å². The molecule has 2 heterocycles. The van der Waals surface area contributed by atoms with Crippen LogP contribution < -0.4 is 10.2 Å². The summed E-state index contributed by atoms with van der Waals surface area (Å²) in [6.07, 6.45) is 6.95. The van der Waals surface area contributed by atoms with Crippen LogP contribution in [0.2, 0.25) is 0 Å². The normalized spacial score (nSPS) is 22.2. The van der Waals surface area contributed by atoms with Crippen molar-refractivity contribution < 1.29 is 0 Å². The van der Waals surface area contributed by atoms with Crippen LogP contribution in [0.15, 0.2) is 18.3 Å². The minimum atomic E-state index is 0.575. The van der Waals surface area contributed by atoms with E-state index in [9.17, 15) is 0 Å². The molecule has 4 heteroatoms. The number of hydrogen-bond donors (Lipinski definition) is 1. The number of pyridine rings is 1. The molecule has 1 aliphatic carbocycles. The van der Waals surface area contributed by atoms with Crippen molar-refractivity contribution in [1.82, 2.24) is 10.3 Å². The van der Waals surface area contributed by atoms with E-state index in [-0.39, 0.29) is 0 Å². The molecule has 3 rings (SSSR count). The van der Waals surface area contributed by atoms with E-state index in [0.29, 0.717) is 11.6 Å². The zero-order valence-electron chi connectivity index (χ0n) is 11.2. The monoisotopic (exact) mass is 256 g/mol. The second-order valence-electron chi connectivity index (χ2n) is 5.66. The molecule has 0 amide bonds. The molecule has 1 atom stereocenters. The number of anilines is 1. The van der Waals surface area contributed by atoms with Crippen LogP contribution in [0, 0.1) is 17.2 Å². The fourth-order valence-electron chi connectivity index (χ4n) is 2.71. The first kappa shape index (κ1) is 12.4. The smallest absolute Gasteiger partial charge is 0.129 e. The average Bonchev–Trinajstić information content (AvgIpc) is 3.12. The molecule has 4 nitrogen and oxygen atoms in total. The Labute approximate surface area is 114 Å². The van der Waals surface area contributed by atoms with Crippen molar-refractivity contribution in [1.29, 1.82) is 5.26 Å². The minimum absolute atomic E-state index is 0.575. The van der Waals surface area contributed by atoms with E-state index in [2.05, 4.69) is 21.3 Å². The number of rotatable bonds is 5. The van der Waals surface area contributed by atoms with Crippen molar-refractivity contribution >= 4 is 5.82 Å². The molecule has 100 valence electrons. The highest BCUT2D eigenvalue weighted by molar-refractivity contribution is 5.45. The molecule has 0 radical (unpaired) electrons. The zero-order valence-corrected chi connectivity index (χ0v) is 11.2. The Morgan fingerprint density at radius 2 is 2.26 bits per heavy atom. The molecule has 19 heavy (non-hydrogen) atoms. The average molecular weight is 256 g/mol. The minimum Gasteiger partial charge on any atom is -0.355 e. The molecule has 0 bridgehead atoms. The number of nitriles is 1. The van der Waals surface area contributed by atoms with Gasteiger partial charge in [-0.3, -0.25) is 0 Å². The maximum Gasteiger partial charge on any atom is 0.129 e. The van der Waals surface area contributed by atoms with Crippen LogP contribution in [-0.4, -0.2) is 30.7 Å². The quantitative estimate of drug-likeness (QED) is 0.874. The molecule has 1 saturated carbocycles. The molecule has 2 aliphatic rings. The van der Waals surface area contributed by atoms with Gasteiger partial charge in [0.25, 0.3) is 0 Å². The van der Waals surface area contributed by atoms with E-state index >= 15 is 0 Å². The highest BCUT2D eigenvalue weighted by atomic mass is 15.2. The van der Waals surface area contributed by atoms with Crippen LogP contribution in [0.5, 0.6) is 0 Å². The van der Waals surface area contributed by atoms with Gasteiger partial charge < -0.3 is 10.2 Å². The van der Waals surface area contributed by atoms with Gasteiger partial charge in [-0.25, -0.2) is 4.98 Å². The third kappa shape index (κ3) is 3.24. The summed E-state index contributed by atoms with van der Waals surface area (Å²) in [5.41, 5.74) is 0.699. The van der Waals surface area contributed by atoms with Gasteiger partial charge in [0.15, 0.2) is 0 Å². The molecule has 1 aromatic heterocycles. The molecule has 1 saturated heterocycles. The predicted molar refractivity (Wildman–Crippen MR) is 74.9 cm³/mol. The lowest BCUT2D eigenvalue weighted by Gasteiger charge is -2.27. The lowest BCUT2D eigenvalue weighted by atomic mass is 10.2. The number of aromatic nitrogens is 1. The summed E-state index contributed by atoms with van der Waals surface area (Å²) in [7, 11) is 0. The molecule has 1 N–H and O–H groups in total. The predicted octanol–water partition coefficient (Wildman–Crippen LogP) is 1.92. The van der Waals surface area contributed by atoms with Gasteiger partial charge in [0, 0.05) is 25.3 Å². The largest absolute Gasteiger partial charge is 0.355 e. The molecule has 1 aromatic rings. The molecule has 1 aliphatic heterocycles. The SMILES string of the molecule is N#Cc1ccnc(N(CC2CC2)CC2CCCN2)c1. The van der Waals surface area contributed by atoms with E-state index in [1.165, 1.54) is 25.7 Å². The second kappa shape index (κ2) is 5.58. The lowest BCUT2D eigenvalue weighted by Crippen LogP contribution is -2.39. The van der Waals surface area contributed by atoms with Gasteiger partial charge in [0.05, 0.1) is 11.6 Å². The second-order valence-corrected chi connectivity index (χ2v) is 5.66. The zero-order chi connectivity index (χ0) is 13.1. The first-order valence-corrected chi connectivity index (χ1v) is 7.19. The summed E-state index contributed by atoms with van der Waals surface area (Å²) in [6.45, 7) is 3.23. The number of hydrogen-bond acceptors (Lipinski definition) is 4. The fraction of sp³-hybridized carbons (Fsp3) is 0.600. The Morgan fingerprint density at radius 1 is 1.37 bits per heavy atom. The number of nitrogens with zero attached hydrogens (tertiary/aromatic N) is 3. The van der Waals surface area contributed by atoms with E-state index in [0.717, 1.165) is 31.4 Å². The Kier molecular flexibility index (Phi) is 3.65. The first-order chi connectivity index (χ1) is 9.35. The van der Waals surface area contributed by atoms with Crippen molar-refractivity contribution in [3.63, 3.8) is 0 Å². The summed E-state index contributed by atoms with van der Waals surface area (Å²) in [5.74, 6) is 1.79. The van der Waals surface area contributed by atoms with Gasteiger partial charge in [-0.2, -0.15) is 5.26 Å². The van der Waals surface area contributed by atoms with Crippen molar-refractivity contribution in [2.45, 2.75) is 31.7 Å². The Morgan fingerprint density at radius 3 is 2.95 bits per heavy atom. The van der Waals surface area contributed by atoms with Crippen molar-refractivity contribution in [2.24, 2.45) is 5.92 Å². The Bertz CT molecular complexity index is 469. The van der Waals surface area contributed by atoms with Crippen molar-refractivity contribution in [3.05, 3.63) is 23.9 Å². The topological polar surface area (TPSA) is 52.0 Å². The van der Waals surface area contributed by atoms with E-state index < -0.39 is 0 Å². The lowest BCUT2D eigenvalue weighted by molar-refractivity contribution is 0.567. The van der Waals surface area contributed by atoms with Crippen LogP contribution in [0.3, 0.4) is 0 Å². The van der Waals surface area contributed by atoms with Gasteiger partial charge in [-0.05, 0) is 50.3 Å². The van der Waals surface area contributed by atoms with Crippen LogP contribution in [-0.2, 0) is 0 Å². The molecule has 0 aromatic carbocycles. The van der Waals surface area contributed by atoms with Crippen molar-refractivity contribution in [2.75, 3.05) is 24.5 Å². The highest BCUT2D eigenvalue weighted by Crippen LogP contribution is 2.31. The highest BCUT2D eigenvalue weighted by Gasteiger charge is 2.27.